The zero-order valence-electron chi connectivity index (χ0n) is 11.6. The van der Waals surface area contributed by atoms with E-state index in [0.717, 1.165) is 44.3 Å². The Hall–Kier alpha value is -1.18. The molecule has 1 aromatic carbocycles. The Morgan fingerprint density at radius 3 is 2.64 bits per heavy atom. The van der Waals surface area contributed by atoms with Crippen LogP contribution in [0.25, 0.3) is 0 Å². The fraction of sp³-hybridized carbons (Fsp3) is 0.500. The molecule has 1 heterocycles. The van der Waals surface area contributed by atoms with Crippen molar-refractivity contribution in [2.75, 3.05) is 13.2 Å². The second kappa shape index (κ2) is 5.47. The number of carbonyl (C=O) groups is 1. The molecule has 0 atom stereocenters. The first kappa shape index (κ1) is 15.7. The van der Waals surface area contributed by atoms with Gasteiger partial charge in [0.1, 0.15) is 5.82 Å². The summed E-state index contributed by atoms with van der Waals surface area (Å²) in [4.78, 5) is 11.6. The minimum atomic E-state index is -4.02. The van der Waals surface area contributed by atoms with E-state index in [-0.39, 0.29) is 27.7 Å². The number of rotatable bonds is 4. The van der Waals surface area contributed by atoms with Crippen molar-refractivity contribution in [2.24, 2.45) is 11.3 Å². The Labute approximate surface area is 132 Å². The van der Waals surface area contributed by atoms with E-state index in [4.69, 9.17) is 16.3 Å². The molecule has 0 radical (unpaired) electrons. The average Bonchev–Trinajstić information content (AvgIpc) is 2.33. The van der Waals surface area contributed by atoms with Crippen LogP contribution in [0.1, 0.15) is 19.3 Å². The highest BCUT2D eigenvalue weighted by Gasteiger charge is 2.50. The monoisotopic (exact) mass is 347 g/mol. The smallest absolute Gasteiger partial charge is 0.264 e. The maximum atomic E-state index is 13.1. The Morgan fingerprint density at radius 1 is 1.41 bits per heavy atom. The second-order valence-corrected chi connectivity index (χ2v) is 8.17. The van der Waals surface area contributed by atoms with Crippen molar-refractivity contribution < 1.29 is 22.3 Å². The van der Waals surface area contributed by atoms with Crippen LogP contribution >= 0.6 is 11.6 Å². The van der Waals surface area contributed by atoms with Crippen molar-refractivity contribution in [2.45, 2.75) is 24.2 Å². The Kier molecular flexibility index (Phi) is 3.91. The molecule has 3 rings (SSSR count). The number of carbonyl (C=O) groups excluding carboxylic acids is 1. The molecule has 1 N–H and O–H groups in total. The third-order valence-corrected chi connectivity index (χ3v) is 5.84. The average molecular weight is 348 g/mol. The van der Waals surface area contributed by atoms with E-state index in [9.17, 15) is 17.6 Å². The lowest BCUT2D eigenvalue weighted by Gasteiger charge is -2.53. The van der Waals surface area contributed by atoms with E-state index in [1.807, 2.05) is 4.72 Å². The molecule has 120 valence electrons. The van der Waals surface area contributed by atoms with Crippen molar-refractivity contribution in [3.05, 3.63) is 29.0 Å². The molecule has 2 aliphatic rings. The molecular weight excluding hydrogens is 333 g/mol. The summed E-state index contributed by atoms with van der Waals surface area (Å²) in [6, 6.07) is 3.01. The summed E-state index contributed by atoms with van der Waals surface area (Å²) in [7, 11) is -4.02. The molecule has 22 heavy (non-hydrogen) atoms. The molecule has 2 fully saturated rings. The molecule has 1 aliphatic heterocycles. The van der Waals surface area contributed by atoms with Gasteiger partial charge in [0, 0.05) is 11.8 Å². The topological polar surface area (TPSA) is 72.5 Å². The van der Waals surface area contributed by atoms with Gasteiger partial charge in [0.15, 0.2) is 0 Å². The summed E-state index contributed by atoms with van der Waals surface area (Å²) in [5.41, 5.74) is 0.230. The first-order valence-corrected chi connectivity index (χ1v) is 8.74. The van der Waals surface area contributed by atoms with Gasteiger partial charge >= 0.3 is 0 Å². The molecule has 1 aromatic rings. The number of halogens is 2. The van der Waals surface area contributed by atoms with E-state index < -0.39 is 21.7 Å². The molecule has 8 heteroatoms. The lowest BCUT2D eigenvalue weighted by molar-refractivity contribution is -0.180. The molecule has 1 aliphatic carbocycles. The molecule has 0 bridgehead atoms. The molecule has 0 unspecified atom stereocenters. The molecule has 1 spiro atoms. The van der Waals surface area contributed by atoms with Gasteiger partial charge in [-0.25, -0.2) is 17.5 Å². The van der Waals surface area contributed by atoms with E-state index in [1.165, 1.54) is 0 Å². The van der Waals surface area contributed by atoms with Crippen LogP contribution in [0.15, 0.2) is 23.1 Å². The van der Waals surface area contributed by atoms with Crippen LogP contribution < -0.4 is 4.72 Å². The highest BCUT2D eigenvalue weighted by Crippen LogP contribution is 2.51. The van der Waals surface area contributed by atoms with Crippen LogP contribution in [0, 0.1) is 17.2 Å². The predicted octanol–water partition coefficient (Wildman–Crippen LogP) is 2.10. The first-order valence-electron chi connectivity index (χ1n) is 6.88. The summed E-state index contributed by atoms with van der Waals surface area (Å²) in [5, 5.41) is -0.304. The van der Waals surface area contributed by atoms with Gasteiger partial charge in [-0.05, 0) is 37.0 Å². The quantitative estimate of drug-likeness (QED) is 0.905. The number of benzene rings is 1. The van der Waals surface area contributed by atoms with Crippen molar-refractivity contribution in [1.82, 2.24) is 4.72 Å². The van der Waals surface area contributed by atoms with Crippen LogP contribution in [-0.4, -0.2) is 27.5 Å². The van der Waals surface area contributed by atoms with Gasteiger partial charge in [-0.1, -0.05) is 11.6 Å². The van der Waals surface area contributed by atoms with Gasteiger partial charge in [-0.2, -0.15) is 0 Å². The van der Waals surface area contributed by atoms with Crippen LogP contribution in [0.5, 0.6) is 0 Å². The van der Waals surface area contributed by atoms with Gasteiger partial charge in [0.05, 0.1) is 23.1 Å². The number of hydrogen-bond acceptors (Lipinski definition) is 4. The molecule has 1 amide bonds. The fourth-order valence-corrected chi connectivity index (χ4v) is 4.36. The molecule has 1 saturated heterocycles. The normalized spacial score (nSPS) is 20.3. The predicted molar refractivity (Wildman–Crippen MR) is 77.3 cm³/mol. The van der Waals surface area contributed by atoms with E-state index in [0.29, 0.717) is 0 Å². The van der Waals surface area contributed by atoms with Crippen molar-refractivity contribution in [3.8, 4) is 0 Å². The largest absolute Gasteiger partial charge is 0.380 e. The molecule has 1 saturated carbocycles. The Bertz CT molecular complexity index is 710. The third-order valence-electron chi connectivity index (χ3n) is 4.18. The molecular formula is C14H15ClFNO4S. The summed E-state index contributed by atoms with van der Waals surface area (Å²) in [6.45, 7) is 1.47. The number of hydrogen-bond donors (Lipinski definition) is 1. The number of ether oxygens (including phenoxy) is 1. The summed E-state index contributed by atoms with van der Waals surface area (Å²) in [5.74, 6) is -1.08. The van der Waals surface area contributed by atoms with Crippen molar-refractivity contribution in [3.63, 3.8) is 0 Å². The van der Waals surface area contributed by atoms with Gasteiger partial charge in [-0.3, -0.25) is 4.79 Å². The minimum Gasteiger partial charge on any atom is -0.380 e. The summed E-state index contributed by atoms with van der Waals surface area (Å²) >= 11 is 5.56. The summed E-state index contributed by atoms with van der Waals surface area (Å²) in [6.07, 6.45) is 1.95. The maximum absolute atomic E-state index is 13.1. The van der Waals surface area contributed by atoms with Gasteiger partial charge in [0.2, 0.25) is 5.91 Å². The number of amides is 1. The summed E-state index contributed by atoms with van der Waals surface area (Å²) < 4.78 is 44.3. The lowest BCUT2D eigenvalue weighted by Crippen LogP contribution is -2.53. The third kappa shape index (κ3) is 2.98. The van der Waals surface area contributed by atoms with E-state index in [2.05, 4.69) is 0 Å². The zero-order valence-corrected chi connectivity index (χ0v) is 13.2. The van der Waals surface area contributed by atoms with Crippen molar-refractivity contribution >= 4 is 27.5 Å². The number of nitrogens with one attached hydrogen (secondary N) is 1. The van der Waals surface area contributed by atoms with Crippen LogP contribution in [0.3, 0.4) is 0 Å². The lowest BCUT2D eigenvalue weighted by atomic mass is 9.60. The van der Waals surface area contributed by atoms with E-state index in [1.54, 1.807) is 0 Å². The molecule has 0 aromatic heterocycles. The fourth-order valence-electron chi connectivity index (χ4n) is 3.09. The SMILES string of the molecule is O=C(CC1CC2(COC2)C1)NS(=O)(=O)c1ccc(F)c(Cl)c1. The Balaban J connectivity index is 1.59. The first-order chi connectivity index (χ1) is 10.3. The highest BCUT2D eigenvalue weighted by molar-refractivity contribution is 7.90. The van der Waals surface area contributed by atoms with Gasteiger partial charge in [-0.15, -0.1) is 0 Å². The van der Waals surface area contributed by atoms with Crippen molar-refractivity contribution in [1.29, 1.82) is 0 Å². The van der Waals surface area contributed by atoms with Crippen LogP contribution in [-0.2, 0) is 19.6 Å². The number of sulfonamides is 1. The maximum Gasteiger partial charge on any atom is 0.264 e. The van der Waals surface area contributed by atoms with Crippen LogP contribution in [0.4, 0.5) is 4.39 Å². The highest BCUT2D eigenvalue weighted by atomic mass is 35.5. The molecule has 5 nitrogen and oxygen atoms in total. The Morgan fingerprint density at radius 2 is 2.09 bits per heavy atom. The zero-order chi connectivity index (χ0) is 16.0. The van der Waals surface area contributed by atoms with Gasteiger partial charge < -0.3 is 4.74 Å². The van der Waals surface area contributed by atoms with E-state index >= 15 is 0 Å². The second-order valence-electron chi connectivity index (χ2n) is 6.08. The minimum absolute atomic E-state index is 0.163. The standard InChI is InChI=1S/C14H15ClFNO4S/c15-11-4-10(1-2-12(11)16)22(19,20)17-13(18)3-9-5-14(6-9)7-21-8-14/h1-2,4,9H,3,5-8H2,(H,17,18). The van der Waals surface area contributed by atoms with Crippen LogP contribution in [0.2, 0.25) is 5.02 Å². The van der Waals surface area contributed by atoms with Gasteiger partial charge in [0.25, 0.3) is 10.0 Å².